The van der Waals surface area contributed by atoms with Gasteiger partial charge in [-0.1, -0.05) is 13.8 Å². The Labute approximate surface area is 120 Å². The molecule has 112 valence electrons. The van der Waals surface area contributed by atoms with E-state index >= 15 is 0 Å². The summed E-state index contributed by atoms with van der Waals surface area (Å²) >= 11 is 0. The molecular formula is C16H33N3. The molecule has 3 heteroatoms. The van der Waals surface area contributed by atoms with E-state index in [2.05, 4.69) is 64.9 Å². The topological polar surface area (TPSA) is 39.1 Å². The Bertz CT molecular complexity index is 293. The average molecular weight is 267 g/mol. The third-order valence-corrected chi connectivity index (χ3v) is 3.76. The van der Waals surface area contributed by atoms with E-state index in [9.17, 15) is 5.26 Å². The van der Waals surface area contributed by atoms with Gasteiger partial charge in [-0.2, -0.15) is 5.26 Å². The first kappa shape index (κ1) is 18.4. The maximum atomic E-state index is 9.42. The lowest BCUT2D eigenvalue weighted by molar-refractivity contribution is 0.148. The zero-order valence-corrected chi connectivity index (χ0v) is 14.1. The van der Waals surface area contributed by atoms with Gasteiger partial charge in [0, 0.05) is 18.1 Å². The third-order valence-electron chi connectivity index (χ3n) is 3.76. The Balaban J connectivity index is 4.57. The molecule has 0 saturated heterocycles. The second-order valence-corrected chi connectivity index (χ2v) is 6.94. The van der Waals surface area contributed by atoms with Gasteiger partial charge in [-0.25, -0.2) is 0 Å². The van der Waals surface area contributed by atoms with Crippen molar-refractivity contribution in [3.63, 3.8) is 0 Å². The summed E-state index contributed by atoms with van der Waals surface area (Å²) in [4.78, 5) is 2.40. The van der Waals surface area contributed by atoms with Crippen LogP contribution < -0.4 is 5.32 Å². The lowest BCUT2D eigenvalue weighted by Crippen LogP contribution is -2.50. The first-order valence-corrected chi connectivity index (χ1v) is 7.52. The van der Waals surface area contributed by atoms with E-state index in [1.807, 2.05) is 6.92 Å². The van der Waals surface area contributed by atoms with Gasteiger partial charge in [0.15, 0.2) is 0 Å². The molecule has 0 heterocycles. The number of nitrogens with one attached hydrogen (secondary N) is 1. The predicted molar refractivity (Wildman–Crippen MR) is 83.0 cm³/mol. The average Bonchev–Trinajstić information content (AvgIpc) is 2.25. The Hall–Kier alpha value is -0.590. The molecule has 0 amide bonds. The van der Waals surface area contributed by atoms with E-state index in [4.69, 9.17) is 0 Å². The van der Waals surface area contributed by atoms with Gasteiger partial charge in [-0.05, 0) is 60.4 Å². The van der Waals surface area contributed by atoms with Crippen molar-refractivity contribution in [3.05, 3.63) is 0 Å². The quantitative estimate of drug-likeness (QED) is 0.732. The highest BCUT2D eigenvalue weighted by atomic mass is 15.2. The molecule has 0 aromatic heterocycles. The van der Waals surface area contributed by atoms with E-state index in [1.165, 1.54) is 6.42 Å². The number of nitrogens with zero attached hydrogens (tertiary/aromatic N) is 2. The van der Waals surface area contributed by atoms with Gasteiger partial charge in [0.2, 0.25) is 0 Å². The molecule has 3 atom stereocenters. The fourth-order valence-electron chi connectivity index (χ4n) is 2.79. The van der Waals surface area contributed by atoms with Crippen LogP contribution in [-0.4, -0.2) is 35.6 Å². The fraction of sp³-hybridized carbons (Fsp3) is 0.938. The summed E-state index contributed by atoms with van der Waals surface area (Å²) < 4.78 is 0. The van der Waals surface area contributed by atoms with Crippen molar-refractivity contribution in [2.24, 2.45) is 5.92 Å². The highest BCUT2D eigenvalue weighted by Crippen LogP contribution is 2.19. The summed E-state index contributed by atoms with van der Waals surface area (Å²) in [6.07, 6.45) is 2.04. The summed E-state index contributed by atoms with van der Waals surface area (Å²) in [5, 5.41) is 12.8. The number of rotatable bonds is 8. The summed E-state index contributed by atoms with van der Waals surface area (Å²) in [5.41, 5.74) is -0.445. The van der Waals surface area contributed by atoms with Crippen LogP contribution in [0.4, 0.5) is 0 Å². The second kappa shape index (κ2) is 7.87. The minimum Gasteiger partial charge on any atom is -0.301 e. The van der Waals surface area contributed by atoms with Crippen LogP contribution in [0.2, 0.25) is 0 Å². The van der Waals surface area contributed by atoms with Crippen molar-refractivity contribution in [1.82, 2.24) is 10.2 Å². The Kier molecular flexibility index (Phi) is 7.62. The van der Waals surface area contributed by atoms with Crippen molar-refractivity contribution < 1.29 is 0 Å². The highest BCUT2D eigenvalue weighted by Gasteiger charge is 2.29. The first-order valence-electron chi connectivity index (χ1n) is 7.52. The maximum Gasteiger partial charge on any atom is 0.105 e. The second-order valence-electron chi connectivity index (χ2n) is 6.94. The van der Waals surface area contributed by atoms with Crippen molar-refractivity contribution >= 4 is 0 Å². The smallest absolute Gasteiger partial charge is 0.105 e. The molecule has 0 aliphatic heterocycles. The monoisotopic (exact) mass is 267 g/mol. The largest absolute Gasteiger partial charge is 0.301 e. The highest BCUT2D eigenvalue weighted by molar-refractivity contribution is 5.06. The van der Waals surface area contributed by atoms with Gasteiger partial charge in [0.25, 0.3) is 0 Å². The van der Waals surface area contributed by atoms with Crippen LogP contribution in [0.5, 0.6) is 0 Å². The Morgan fingerprint density at radius 2 is 1.63 bits per heavy atom. The van der Waals surface area contributed by atoms with Gasteiger partial charge < -0.3 is 4.90 Å². The summed E-state index contributed by atoms with van der Waals surface area (Å²) in [6.45, 7) is 15.2. The summed E-state index contributed by atoms with van der Waals surface area (Å²) in [7, 11) is 2.17. The summed E-state index contributed by atoms with van der Waals surface area (Å²) in [6, 6.07) is 3.71. The van der Waals surface area contributed by atoms with Gasteiger partial charge in [0.1, 0.15) is 5.54 Å². The zero-order chi connectivity index (χ0) is 15.2. The van der Waals surface area contributed by atoms with Crippen LogP contribution >= 0.6 is 0 Å². The molecule has 19 heavy (non-hydrogen) atoms. The van der Waals surface area contributed by atoms with Gasteiger partial charge >= 0.3 is 0 Å². The van der Waals surface area contributed by atoms with Crippen LogP contribution in [0.15, 0.2) is 0 Å². The van der Waals surface area contributed by atoms with E-state index < -0.39 is 5.54 Å². The fourth-order valence-corrected chi connectivity index (χ4v) is 2.79. The van der Waals surface area contributed by atoms with E-state index in [1.54, 1.807) is 0 Å². The number of hydrogen-bond donors (Lipinski definition) is 1. The van der Waals surface area contributed by atoms with Crippen LogP contribution in [0.25, 0.3) is 0 Å². The van der Waals surface area contributed by atoms with E-state index in [0.717, 1.165) is 6.42 Å². The molecule has 3 unspecified atom stereocenters. The number of nitriles is 1. The van der Waals surface area contributed by atoms with Crippen molar-refractivity contribution in [1.29, 1.82) is 5.26 Å². The minimum absolute atomic E-state index is 0.329. The summed E-state index contributed by atoms with van der Waals surface area (Å²) in [5.74, 6) is 0.709. The zero-order valence-electron chi connectivity index (χ0n) is 14.1. The molecule has 0 radical (unpaired) electrons. The van der Waals surface area contributed by atoms with Crippen LogP contribution in [0.1, 0.15) is 61.3 Å². The lowest BCUT2D eigenvalue weighted by atomic mass is 9.92. The molecule has 3 nitrogen and oxygen atoms in total. The molecular weight excluding hydrogens is 234 g/mol. The molecule has 0 aromatic carbocycles. The van der Waals surface area contributed by atoms with Crippen molar-refractivity contribution in [3.8, 4) is 6.07 Å². The Morgan fingerprint density at radius 1 is 1.11 bits per heavy atom. The van der Waals surface area contributed by atoms with Crippen LogP contribution in [-0.2, 0) is 0 Å². The standard InChI is InChI=1S/C16H33N3/c1-12(2)9-14(5)19(8)15(6)10-16(7,11-17)18-13(3)4/h12-15,18H,9-10H2,1-8H3. The predicted octanol–water partition coefficient (Wildman–Crippen LogP) is 3.41. The molecule has 0 fully saturated rings. The lowest BCUT2D eigenvalue weighted by Gasteiger charge is -2.36. The van der Waals surface area contributed by atoms with Crippen LogP contribution in [0, 0.1) is 17.2 Å². The molecule has 0 aliphatic carbocycles. The molecule has 1 N–H and O–H groups in total. The Morgan fingerprint density at radius 3 is 2.00 bits per heavy atom. The van der Waals surface area contributed by atoms with E-state index in [-0.39, 0.29) is 0 Å². The molecule has 0 aliphatic rings. The maximum absolute atomic E-state index is 9.42. The van der Waals surface area contributed by atoms with Gasteiger partial charge in [-0.3, -0.25) is 5.32 Å². The normalized spacial score (nSPS) is 18.4. The van der Waals surface area contributed by atoms with Gasteiger partial charge in [0.05, 0.1) is 6.07 Å². The third kappa shape index (κ3) is 6.94. The molecule has 0 rings (SSSR count). The van der Waals surface area contributed by atoms with Crippen molar-refractivity contribution in [2.75, 3.05) is 7.05 Å². The van der Waals surface area contributed by atoms with Crippen LogP contribution in [0.3, 0.4) is 0 Å². The first-order chi connectivity index (χ1) is 8.61. The molecule has 0 aromatic rings. The molecule has 0 bridgehead atoms. The molecule has 0 spiro atoms. The molecule has 0 saturated carbocycles. The van der Waals surface area contributed by atoms with Crippen molar-refractivity contribution in [2.45, 2.75) is 85.0 Å². The minimum atomic E-state index is -0.445. The SMILES string of the molecule is CC(C)CC(C)N(C)C(C)CC(C)(C#N)NC(C)C. The van der Waals surface area contributed by atoms with E-state index in [0.29, 0.717) is 24.0 Å². The van der Waals surface area contributed by atoms with Gasteiger partial charge in [-0.15, -0.1) is 0 Å². The number of hydrogen-bond acceptors (Lipinski definition) is 3.